The van der Waals surface area contributed by atoms with E-state index < -0.39 is 30.3 Å². The molecule has 0 saturated carbocycles. The number of carboxylic acids is 1. The van der Waals surface area contributed by atoms with Crippen LogP contribution in [0.4, 0.5) is 9.18 Å². The number of benzene rings is 3. The molecule has 7 heteroatoms. The van der Waals surface area contributed by atoms with Crippen molar-refractivity contribution < 1.29 is 23.8 Å². The molecule has 1 aliphatic carbocycles. The van der Waals surface area contributed by atoms with Crippen LogP contribution in [0.2, 0.25) is 0 Å². The largest absolute Gasteiger partial charge is 0.481 e. The van der Waals surface area contributed by atoms with Crippen LogP contribution < -0.4 is 5.32 Å². The van der Waals surface area contributed by atoms with E-state index in [1.165, 1.54) is 18.2 Å². The maximum Gasteiger partial charge on any atom is 0.407 e. The second-order valence-corrected chi connectivity index (χ2v) is 8.20. The molecule has 158 valence electrons. The second kappa shape index (κ2) is 8.89. The van der Waals surface area contributed by atoms with Crippen molar-refractivity contribution in [3.63, 3.8) is 0 Å². The summed E-state index contributed by atoms with van der Waals surface area (Å²) in [4.78, 5) is 23.8. The van der Waals surface area contributed by atoms with Crippen molar-refractivity contribution in [3.05, 3.63) is 93.7 Å². The van der Waals surface area contributed by atoms with E-state index in [9.17, 15) is 19.1 Å². The molecule has 1 atom stereocenters. The molecular formula is C24H19BrFNO4. The van der Waals surface area contributed by atoms with Gasteiger partial charge >= 0.3 is 12.1 Å². The zero-order chi connectivity index (χ0) is 22.0. The SMILES string of the molecule is O=C(O)CC(NC(=O)OCC1c2ccccc2-c2ccccc21)c1cc(Br)ccc1F. The molecule has 0 aromatic heterocycles. The molecule has 2 N–H and O–H groups in total. The van der Waals surface area contributed by atoms with Gasteiger partial charge in [-0.25, -0.2) is 9.18 Å². The van der Waals surface area contributed by atoms with Crippen molar-refractivity contribution in [3.8, 4) is 11.1 Å². The number of ether oxygens (including phenoxy) is 1. The summed E-state index contributed by atoms with van der Waals surface area (Å²) >= 11 is 3.25. The molecule has 1 unspecified atom stereocenters. The molecule has 4 rings (SSSR count). The average molecular weight is 484 g/mol. The van der Waals surface area contributed by atoms with Gasteiger partial charge in [0.05, 0.1) is 12.5 Å². The normalized spacial score (nSPS) is 13.2. The molecule has 0 aliphatic heterocycles. The average Bonchev–Trinajstić information content (AvgIpc) is 3.07. The summed E-state index contributed by atoms with van der Waals surface area (Å²) < 4.78 is 20.3. The maximum absolute atomic E-state index is 14.3. The van der Waals surface area contributed by atoms with Crippen LogP contribution in [0.3, 0.4) is 0 Å². The topological polar surface area (TPSA) is 75.6 Å². The number of hydrogen-bond donors (Lipinski definition) is 2. The Bertz CT molecular complexity index is 1100. The summed E-state index contributed by atoms with van der Waals surface area (Å²) in [6, 6.07) is 19.0. The smallest absolute Gasteiger partial charge is 0.407 e. The lowest BCUT2D eigenvalue weighted by atomic mass is 9.98. The van der Waals surface area contributed by atoms with Gasteiger partial charge in [0.1, 0.15) is 12.4 Å². The van der Waals surface area contributed by atoms with E-state index in [4.69, 9.17) is 4.74 Å². The van der Waals surface area contributed by atoms with Crippen LogP contribution in [0.1, 0.15) is 35.1 Å². The third-order valence-electron chi connectivity index (χ3n) is 5.35. The molecule has 1 aliphatic rings. The third-order valence-corrected chi connectivity index (χ3v) is 5.84. The fraction of sp³-hybridized carbons (Fsp3) is 0.167. The van der Waals surface area contributed by atoms with Crippen LogP contribution in [0, 0.1) is 5.82 Å². The number of hydrogen-bond acceptors (Lipinski definition) is 3. The Morgan fingerprint density at radius 3 is 2.26 bits per heavy atom. The Hall–Kier alpha value is -3.19. The van der Waals surface area contributed by atoms with Gasteiger partial charge in [0.2, 0.25) is 0 Å². The number of halogens is 2. The second-order valence-electron chi connectivity index (χ2n) is 7.29. The summed E-state index contributed by atoms with van der Waals surface area (Å²) in [5.41, 5.74) is 4.41. The molecule has 0 heterocycles. The minimum absolute atomic E-state index is 0.0743. The zero-order valence-electron chi connectivity index (χ0n) is 16.3. The zero-order valence-corrected chi connectivity index (χ0v) is 17.9. The van der Waals surface area contributed by atoms with Crippen molar-refractivity contribution in [2.45, 2.75) is 18.4 Å². The quantitative estimate of drug-likeness (QED) is 0.475. The minimum Gasteiger partial charge on any atom is -0.481 e. The molecule has 1 amide bonds. The molecule has 0 bridgehead atoms. The Balaban J connectivity index is 1.50. The fourth-order valence-electron chi connectivity index (χ4n) is 3.98. The summed E-state index contributed by atoms with van der Waals surface area (Å²) in [5, 5.41) is 11.7. The molecule has 0 saturated heterocycles. The van der Waals surface area contributed by atoms with Crippen molar-refractivity contribution >= 4 is 28.0 Å². The van der Waals surface area contributed by atoms with Crippen LogP contribution >= 0.6 is 15.9 Å². The highest BCUT2D eigenvalue weighted by Gasteiger charge is 2.29. The predicted molar refractivity (Wildman–Crippen MR) is 117 cm³/mol. The number of carbonyl (C=O) groups is 2. The summed E-state index contributed by atoms with van der Waals surface area (Å²) in [7, 11) is 0. The Morgan fingerprint density at radius 2 is 1.65 bits per heavy atom. The first kappa shape index (κ1) is 21.1. The number of rotatable bonds is 6. The van der Waals surface area contributed by atoms with Crippen LogP contribution in [0.25, 0.3) is 11.1 Å². The van der Waals surface area contributed by atoms with Gasteiger partial charge in [-0.3, -0.25) is 4.79 Å². The van der Waals surface area contributed by atoms with E-state index in [1.807, 2.05) is 48.5 Å². The van der Waals surface area contributed by atoms with Gasteiger partial charge in [0.15, 0.2) is 0 Å². The standard InChI is InChI=1S/C24H19BrFNO4/c25-14-9-10-21(26)19(11-14)22(12-23(28)29)27-24(30)31-13-20-17-7-3-1-5-15(17)16-6-2-4-8-18(16)20/h1-11,20,22H,12-13H2,(H,27,30)(H,28,29). The van der Waals surface area contributed by atoms with E-state index in [0.29, 0.717) is 4.47 Å². The molecule has 0 radical (unpaired) electrons. The summed E-state index contributed by atoms with van der Waals surface area (Å²) in [6.45, 7) is 0.0839. The lowest BCUT2D eigenvalue weighted by Crippen LogP contribution is -2.32. The minimum atomic E-state index is -1.16. The van der Waals surface area contributed by atoms with E-state index >= 15 is 0 Å². The monoisotopic (exact) mass is 483 g/mol. The van der Waals surface area contributed by atoms with Crippen molar-refractivity contribution in [1.82, 2.24) is 5.32 Å². The van der Waals surface area contributed by atoms with Gasteiger partial charge in [0, 0.05) is 16.0 Å². The first-order valence-corrected chi connectivity index (χ1v) is 10.5. The Kier molecular flexibility index (Phi) is 6.04. The molecule has 5 nitrogen and oxygen atoms in total. The fourth-order valence-corrected chi connectivity index (χ4v) is 4.36. The number of carboxylic acid groups (broad SMARTS) is 1. The van der Waals surface area contributed by atoms with Gasteiger partial charge in [-0.15, -0.1) is 0 Å². The number of aliphatic carboxylic acids is 1. The van der Waals surface area contributed by atoms with Gasteiger partial charge in [-0.05, 0) is 40.5 Å². The highest BCUT2D eigenvalue weighted by atomic mass is 79.9. The van der Waals surface area contributed by atoms with E-state index in [1.54, 1.807) is 0 Å². The summed E-state index contributed by atoms with van der Waals surface area (Å²) in [5.74, 6) is -1.89. The number of alkyl carbamates (subject to hydrolysis) is 1. The number of fused-ring (bicyclic) bond motifs is 3. The summed E-state index contributed by atoms with van der Waals surface area (Å²) in [6.07, 6.45) is -1.27. The highest BCUT2D eigenvalue weighted by Crippen LogP contribution is 2.44. The lowest BCUT2D eigenvalue weighted by Gasteiger charge is -2.20. The number of amides is 1. The Labute approximate surface area is 187 Å². The van der Waals surface area contributed by atoms with Crippen molar-refractivity contribution in [2.24, 2.45) is 0 Å². The molecule has 0 spiro atoms. The van der Waals surface area contributed by atoms with Crippen LogP contribution in [-0.4, -0.2) is 23.8 Å². The first-order valence-electron chi connectivity index (χ1n) is 9.72. The van der Waals surface area contributed by atoms with Crippen LogP contribution in [0.15, 0.2) is 71.2 Å². The molecule has 3 aromatic carbocycles. The van der Waals surface area contributed by atoms with Crippen molar-refractivity contribution in [1.29, 1.82) is 0 Å². The van der Waals surface area contributed by atoms with Crippen LogP contribution in [0.5, 0.6) is 0 Å². The third kappa shape index (κ3) is 4.46. The van der Waals surface area contributed by atoms with Gasteiger partial charge < -0.3 is 15.2 Å². The molecular weight excluding hydrogens is 465 g/mol. The predicted octanol–water partition coefficient (Wildman–Crippen LogP) is 5.64. The van der Waals surface area contributed by atoms with E-state index in [2.05, 4.69) is 21.2 Å². The van der Waals surface area contributed by atoms with Crippen molar-refractivity contribution in [2.75, 3.05) is 6.61 Å². The van der Waals surface area contributed by atoms with E-state index in [-0.39, 0.29) is 18.1 Å². The highest BCUT2D eigenvalue weighted by molar-refractivity contribution is 9.10. The number of nitrogens with one attached hydrogen (secondary N) is 1. The maximum atomic E-state index is 14.3. The van der Waals surface area contributed by atoms with Crippen LogP contribution in [-0.2, 0) is 9.53 Å². The lowest BCUT2D eigenvalue weighted by molar-refractivity contribution is -0.137. The molecule has 0 fully saturated rings. The first-order chi connectivity index (χ1) is 14.9. The number of carbonyl (C=O) groups excluding carboxylic acids is 1. The Morgan fingerprint density at radius 1 is 1.03 bits per heavy atom. The van der Waals surface area contributed by atoms with Gasteiger partial charge in [-0.1, -0.05) is 64.5 Å². The molecule has 31 heavy (non-hydrogen) atoms. The van der Waals surface area contributed by atoms with Gasteiger partial charge in [-0.2, -0.15) is 0 Å². The van der Waals surface area contributed by atoms with Gasteiger partial charge in [0.25, 0.3) is 0 Å². The van der Waals surface area contributed by atoms with E-state index in [0.717, 1.165) is 22.3 Å². The molecule has 3 aromatic rings.